The van der Waals surface area contributed by atoms with Crippen molar-refractivity contribution in [3.8, 4) is 5.75 Å². The number of ether oxygens (including phenoxy) is 1. The van der Waals surface area contributed by atoms with Crippen LogP contribution in [0.3, 0.4) is 0 Å². The molecule has 0 aromatic heterocycles. The molecule has 0 saturated heterocycles. The van der Waals surface area contributed by atoms with Crippen molar-refractivity contribution in [3.05, 3.63) is 65.0 Å². The SMILES string of the molecule is CC(C)c1ccc(OCc2cc(CN)ccc2F)cc1. The highest BCUT2D eigenvalue weighted by molar-refractivity contribution is 5.30. The Bertz CT molecular complexity index is 564. The molecule has 0 radical (unpaired) electrons. The fraction of sp³-hybridized carbons (Fsp3) is 0.294. The maximum absolute atomic E-state index is 13.7. The molecule has 0 aliphatic heterocycles. The molecule has 0 spiro atoms. The maximum atomic E-state index is 13.7. The highest BCUT2D eigenvalue weighted by Crippen LogP contribution is 2.20. The van der Waals surface area contributed by atoms with E-state index in [4.69, 9.17) is 10.5 Å². The third kappa shape index (κ3) is 3.58. The molecule has 0 saturated carbocycles. The van der Waals surface area contributed by atoms with Gasteiger partial charge in [-0.1, -0.05) is 32.0 Å². The topological polar surface area (TPSA) is 35.2 Å². The van der Waals surface area contributed by atoms with E-state index in [1.54, 1.807) is 12.1 Å². The number of rotatable bonds is 5. The van der Waals surface area contributed by atoms with Gasteiger partial charge in [0.05, 0.1) is 0 Å². The first-order valence-electron chi connectivity index (χ1n) is 6.80. The van der Waals surface area contributed by atoms with Gasteiger partial charge in [-0.3, -0.25) is 0 Å². The molecule has 2 aromatic carbocycles. The largest absolute Gasteiger partial charge is 0.489 e. The van der Waals surface area contributed by atoms with E-state index >= 15 is 0 Å². The van der Waals surface area contributed by atoms with Crippen molar-refractivity contribution in [3.63, 3.8) is 0 Å². The van der Waals surface area contributed by atoms with E-state index in [0.717, 1.165) is 11.3 Å². The van der Waals surface area contributed by atoms with Gasteiger partial charge in [-0.2, -0.15) is 0 Å². The van der Waals surface area contributed by atoms with Gasteiger partial charge in [0, 0.05) is 12.1 Å². The minimum atomic E-state index is -0.263. The second kappa shape index (κ2) is 6.53. The van der Waals surface area contributed by atoms with Gasteiger partial charge in [0.25, 0.3) is 0 Å². The summed E-state index contributed by atoms with van der Waals surface area (Å²) in [6, 6.07) is 12.8. The Hall–Kier alpha value is -1.87. The molecule has 0 heterocycles. The summed E-state index contributed by atoms with van der Waals surface area (Å²) in [6.45, 7) is 4.89. The molecule has 0 atom stereocenters. The van der Waals surface area contributed by atoms with Gasteiger partial charge >= 0.3 is 0 Å². The lowest BCUT2D eigenvalue weighted by atomic mass is 10.0. The molecular formula is C17H20FNO. The quantitative estimate of drug-likeness (QED) is 0.894. The van der Waals surface area contributed by atoms with Crippen LogP contribution in [0.25, 0.3) is 0 Å². The smallest absolute Gasteiger partial charge is 0.129 e. The van der Waals surface area contributed by atoms with E-state index in [0.29, 0.717) is 18.0 Å². The van der Waals surface area contributed by atoms with E-state index in [-0.39, 0.29) is 12.4 Å². The molecule has 3 heteroatoms. The predicted octanol–water partition coefficient (Wildman–Crippen LogP) is 3.99. The number of benzene rings is 2. The van der Waals surface area contributed by atoms with Gasteiger partial charge in [0.2, 0.25) is 0 Å². The predicted molar refractivity (Wildman–Crippen MR) is 79.2 cm³/mol. The Morgan fingerprint density at radius 2 is 1.80 bits per heavy atom. The molecule has 0 unspecified atom stereocenters. The standard InChI is InChI=1S/C17H20FNO/c1-12(2)14-4-6-16(7-5-14)20-11-15-9-13(10-19)3-8-17(15)18/h3-9,12H,10-11,19H2,1-2H3. The van der Waals surface area contributed by atoms with Crippen LogP contribution in [0.1, 0.15) is 36.5 Å². The lowest BCUT2D eigenvalue weighted by Crippen LogP contribution is -2.02. The van der Waals surface area contributed by atoms with Crippen LogP contribution in [-0.4, -0.2) is 0 Å². The second-order valence-corrected chi connectivity index (χ2v) is 5.14. The average Bonchev–Trinajstić information content (AvgIpc) is 2.47. The Morgan fingerprint density at radius 1 is 1.10 bits per heavy atom. The summed E-state index contributed by atoms with van der Waals surface area (Å²) >= 11 is 0. The van der Waals surface area contributed by atoms with Gasteiger partial charge in [0.15, 0.2) is 0 Å². The molecular weight excluding hydrogens is 253 g/mol. The third-order valence-corrected chi connectivity index (χ3v) is 3.29. The summed E-state index contributed by atoms with van der Waals surface area (Å²) < 4.78 is 19.3. The average molecular weight is 273 g/mol. The lowest BCUT2D eigenvalue weighted by Gasteiger charge is -2.10. The molecule has 2 nitrogen and oxygen atoms in total. The fourth-order valence-corrected chi connectivity index (χ4v) is 1.98. The van der Waals surface area contributed by atoms with Crippen molar-refractivity contribution in [2.45, 2.75) is 32.9 Å². The molecule has 2 rings (SSSR count). The number of halogens is 1. The minimum absolute atomic E-state index is 0.209. The summed E-state index contributed by atoms with van der Waals surface area (Å²) in [5.41, 5.74) is 8.25. The van der Waals surface area contributed by atoms with Crippen molar-refractivity contribution in [1.82, 2.24) is 0 Å². The summed E-state index contributed by atoms with van der Waals surface area (Å²) in [7, 11) is 0. The highest BCUT2D eigenvalue weighted by atomic mass is 19.1. The molecule has 0 bridgehead atoms. The zero-order chi connectivity index (χ0) is 14.5. The molecule has 0 aliphatic rings. The summed E-state index contributed by atoms with van der Waals surface area (Å²) in [6.07, 6.45) is 0. The van der Waals surface area contributed by atoms with Gasteiger partial charge < -0.3 is 10.5 Å². The van der Waals surface area contributed by atoms with Crippen LogP contribution in [0.2, 0.25) is 0 Å². The third-order valence-electron chi connectivity index (χ3n) is 3.29. The van der Waals surface area contributed by atoms with Gasteiger partial charge in [-0.25, -0.2) is 4.39 Å². The van der Waals surface area contributed by atoms with Crippen LogP contribution < -0.4 is 10.5 Å². The van der Waals surface area contributed by atoms with Crippen LogP contribution in [0.5, 0.6) is 5.75 Å². The van der Waals surface area contributed by atoms with Crippen LogP contribution >= 0.6 is 0 Å². The minimum Gasteiger partial charge on any atom is -0.489 e. The van der Waals surface area contributed by atoms with E-state index in [1.807, 2.05) is 24.3 Å². The number of nitrogens with two attached hydrogens (primary N) is 1. The van der Waals surface area contributed by atoms with E-state index in [9.17, 15) is 4.39 Å². The monoisotopic (exact) mass is 273 g/mol. The first kappa shape index (κ1) is 14.5. The van der Waals surface area contributed by atoms with Crippen molar-refractivity contribution in [1.29, 1.82) is 0 Å². The van der Waals surface area contributed by atoms with Gasteiger partial charge in [0.1, 0.15) is 18.2 Å². The molecule has 0 amide bonds. The van der Waals surface area contributed by atoms with E-state index < -0.39 is 0 Å². The second-order valence-electron chi connectivity index (χ2n) is 5.14. The fourth-order valence-electron chi connectivity index (χ4n) is 1.98. The zero-order valence-corrected chi connectivity index (χ0v) is 11.9. The first-order valence-corrected chi connectivity index (χ1v) is 6.80. The Labute approximate surface area is 119 Å². The summed E-state index contributed by atoms with van der Waals surface area (Å²) in [5.74, 6) is 0.968. The number of hydrogen-bond acceptors (Lipinski definition) is 2. The van der Waals surface area contributed by atoms with Crippen LogP contribution in [0, 0.1) is 5.82 Å². The Morgan fingerprint density at radius 3 is 2.40 bits per heavy atom. The Kier molecular flexibility index (Phi) is 4.74. The van der Waals surface area contributed by atoms with E-state index in [2.05, 4.69) is 13.8 Å². The van der Waals surface area contributed by atoms with Crippen molar-refractivity contribution < 1.29 is 9.13 Å². The van der Waals surface area contributed by atoms with Crippen LogP contribution in [0.15, 0.2) is 42.5 Å². The van der Waals surface area contributed by atoms with Gasteiger partial charge in [-0.05, 0) is 41.3 Å². The van der Waals surface area contributed by atoms with Crippen LogP contribution in [0.4, 0.5) is 4.39 Å². The van der Waals surface area contributed by atoms with E-state index in [1.165, 1.54) is 11.6 Å². The summed E-state index contributed by atoms with van der Waals surface area (Å²) in [5, 5.41) is 0. The van der Waals surface area contributed by atoms with Crippen LogP contribution in [-0.2, 0) is 13.2 Å². The maximum Gasteiger partial charge on any atom is 0.129 e. The highest BCUT2D eigenvalue weighted by Gasteiger charge is 2.05. The van der Waals surface area contributed by atoms with Gasteiger partial charge in [-0.15, -0.1) is 0 Å². The molecule has 0 fully saturated rings. The number of hydrogen-bond donors (Lipinski definition) is 1. The molecule has 0 aliphatic carbocycles. The molecule has 106 valence electrons. The molecule has 2 aromatic rings. The molecule has 2 N–H and O–H groups in total. The van der Waals surface area contributed by atoms with Crippen molar-refractivity contribution in [2.75, 3.05) is 0 Å². The first-order chi connectivity index (χ1) is 9.60. The van der Waals surface area contributed by atoms with Crippen molar-refractivity contribution in [2.24, 2.45) is 5.73 Å². The normalized spacial score (nSPS) is 10.8. The zero-order valence-electron chi connectivity index (χ0n) is 11.9. The molecule has 20 heavy (non-hydrogen) atoms. The van der Waals surface area contributed by atoms with Crippen molar-refractivity contribution >= 4 is 0 Å². The Balaban J connectivity index is 2.04. The summed E-state index contributed by atoms with van der Waals surface area (Å²) in [4.78, 5) is 0. The lowest BCUT2D eigenvalue weighted by molar-refractivity contribution is 0.299.